The Hall–Kier alpha value is -2.22. The van der Waals surface area contributed by atoms with E-state index in [1.54, 1.807) is 24.1 Å². The van der Waals surface area contributed by atoms with Crippen LogP contribution in [0.5, 0.6) is 5.75 Å². The highest BCUT2D eigenvalue weighted by Gasteiger charge is 2.55. The van der Waals surface area contributed by atoms with E-state index in [1.165, 1.54) is 6.07 Å². The molecular weight excluding hydrogens is 346 g/mol. The number of carbonyl (C=O) groups is 2. The van der Waals surface area contributed by atoms with Crippen LogP contribution >= 0.6 is 0 Å². The molecular formula is C18H22F2N2O4. The zero-order valence-corrected chi connectivity index (χ0v) is 14.5. The number of carbonyl (C=O) groups excluding carboxylic acids is 1. The third-order valence-corrected chi connectivity index (χ3v) is 5.62. The van der Waals surface area contributed by atoms with E-state index in [4.69, 9.17) is 0 Å². The number of carboxylic acids is 1. The average Bonchev–Trinajstić information content (AvgIpc) is 2.82. The minimum atomic E-state index is -2.86. The molecule has 1 aromatic rings. The molecule has 0 aliphatic carbocycles. The summed E-state index contributed by atoms with van der Waals surface area (Å²) in [5, 5.41) is 9.50. The van der Waals surface area contributed by atoms with Crippen LogP contribution in [0.2, 0.25) is 0 Å². The molecule has 0 saturated carbocycles. The molecule has 1 spiro atoms. The molecule has 0 unspecified atom stereocenters. The topological polar surface area (TPSA) is 70.1 Å². The second-order valence-corrected chi connectivity index (χ2v) is 6.95. The molecule has 26 heavy (non-hydrogen) atoms. The van der Waals surface area contributed by atoms with Gasteiger partial charge in [0.25, 0.3) is 0 Å². The van der Waals surface area contributed by atoms with E-state index in [0.29, 0.717) is 32.5 Å². The largest absolute Gasteiger partial charge is 0.481 e. The summed E-state index contributed by atoms with van der Waals surface area (Å²) in [7, 11) is 1.69. The van der Waals surface area contributed by atoms with Crippen LogP contribution in [0.3, 0.4) is 0 Å². The van der Waals surface area contributed by atoms with Gasteiger partial charge >= 0.3 is 12.6 Å². The fourth-order valence-corrected chi connectivity index (χ4v) is 4.16. The number of amides is 1. The summed E-state index contributed by atoms with van der Waals surface area (Å²) >= 11 is 0. The summed E-state index contributed by atoms with van der Waals surface area (Å²) in [4.78, 5) is 27.4. The molecule has 2 saturated heterocycles. The van der Waals surface area contributed by atoms with E-state index in [-0.39, 0.29) is 18.1 Å². The number of aliphatic carboxylic acids is 1. The van der Waals surface area contributed by atoms with Gasteiger partial charge in [-0.1, -0.05) is 12.1 Å². The number of carboxylic acid groups (broad SMARTS) is 1. The summed E-state index contributed by atoms with van der Waals surface area (Å²) in [6.45, 7) is -1.02. The molecule has 1 N–H and O–H groups in total. The number of rotatable bonds is 5. The number of nitrogens with zero attached hydrogens (tertiary/aromatic N) is 2. The molecule has 8 heteroatoms. The van der Waals surface area contributed by atoms with Crippen molar-refractivity contribution in [3.05, 3.63) is 29.8 Å². The van der Waals surface area contributed by atoms with Crippen molar-refractivity contribution in [2.24, 2.45) is 5.92 Å². The molecule has 1 aromatic carbocycles. The highest BCUT2D eigenvalue weighted by atomic mass is 19.3. The Morgan fingerprint density at radius 3 is 2.69 bits per heavy atom. The van der Waals surface area contributed by atoms with Crippen LogP contribution in [0.15, 0.2) is 24.3 Å². The van der Waals surface area contributed by atoms with Crippen LogP contribution in [-0.4, -0.2) is 59.1 Å². The summed E-state index contributed by atoms with van der Waals surface area (Å²) in [5.41, 5.74) is 0.227. The van der Waals surface area contributed by atoms with Gasteiger partial charge in [-0.25, -0.2) is 0 Å². The van der Waals surface area contributed by atoms with Crippen molar-refractivity contribution in [1.82, 2.24) is 9.80 Å². The van der Waals surface area contributed by atoms with Gasteiger partial charge in [0.15, 0.2) is 0 Å². The molecule has 0 radical (unpaired) electrons. The van der Waals surface area contributed by atoms with Crippen molar-refractivity contribution in [3.63, 3.8) is 0 Å². The van der Waals surface area contributed by atoms with Crippen molar-refractivity contribution < 1.29 is 28.2 Å². The van der Waals surface area contributed by atoms with Gasteiger partial charge in [-0.05, 0) is 30.5 Å². The second kappa shape index (κ2) is 7.19. The predicted molar refractivity (Wildman–Crippen MR) is 88.8 cm³/mol. The third kappa shape index (κ3) is 3.51. The smallest absolute Gasteiger partial charge is 0.387 e. The highest BCUT2D eigenvalue weighted by Crippen LogP contribution is 2.43. The molecule has 2 aliphatic rings. The number of ether oxygens (including phenoxy) is 1. The Kier molecular flexibility index (Phi) is 5.13. The van der Waals surface area contributed by atoms with Gasteiger partial charge in [0.2, 0.25) is 5.91 Å². The summed E-state index contributed by atoms with van der Waals surface area (Å²) < 4.78 is 29.1. The Morgan fingerprint density at radius 2 is 2.08 bits per heavy atom. The van der Waals surface area contributed by atoms with Crippen LogP contribution < -0.4 is 4.74 Å². The Bertz CT molecular complexity index is 690. The lowest BCUT2D eigenvalue weighted by atomic mass is 9.77. The number of piperidine rings is 1. The monoisotopic (exact) mass is 368 g/mol. The first-order chi connectivity index (χ1) is 12.3. The molecule has 0 aromatic heterocycles. The lowest BCUT2D eigenvalue weighted by Crippen LogP contribution is -2.55. The lowest BCUT2D eigenvalue weighted by molar-refractivity contribution is -0.146. The molecule has 6 nitrogen and oxygen atoms in total. The van der Waals surface area contributed by atoms with Crippen LogP contribution in [0.4, 0.5) is 8.78 Å². The second-order valence-electron chi connectivity index (χ2n) is 6.95. The van der Waals surface area contributed by atoms with Crippen LogP contribution in [0.25, 0.3) is 0 Å². The van der Waals surface area contributed by atoms with Gasteiger partial charge in [-0.15, -0.1) is 0 Å². The van der Waals surface area contributed by atoms with Gasteiger partial charge in [-0.3, -0.25) is 14.5 Å². The van der Waals surface area contributed by atoms with Crippen molar-refractivity contribution >= 4 is 11.9 Å². The average molecular weight is 368 g/mol. The number of likely N-dealkylation sites (tertiary alicyclic amines) is 2. The first-order valence-electron chi connectivity index (χ1n) is 8.57. The molecule has 3 rings (SSSR count). The standard InChI is InChI=1S/C18H22F2N2O4/c1-21-15(23)10-14(16(24)25)18(21)5-7-22(8-6-18)11-12-3-2-4-13(9-12)26-17(19)20/h2-4,9,14,17H,5-8,10-11H2,1H3,(H,24,25)/t14-/m0/s1. The predicted octanol–water partition coefficient (Wildman–Crippen LogP) is 2.19. The SMILES string of the molecule is CN1C(=O)C[C@@H](C(=O)O)C12CCN(Cc1cccc(OC(F)F)c1)CC2. The van der Waals surface area contributed by atoms with Crippen molar-refractivity contribution in [2.45, 2.75) is 38.0 Å². The number of alkyl halides is 2. The molecule has 1 amide bonds. The quantitative estimate of drug-likeness (QED) is 0.863. The van der Waals surface area contributed by atoms with E-state index >= 15 is 0 Å². The molecule has 2 aliphatic heterocycles. The number of benzene rings is 1. The van der Waals surface area contributed by atoms with Crippen molar-refractivity contribution in [3.8, 4) is 5.75 Å². The van der Waals surface area contributed by atoms with Gasteiger partial charge in [0, 0.05) is 33.1 Å². The number of hydrogen-bond acceptors (Lipinski definition) is 4. The maximum Gasteiger partial charge on any atom is 0.387 e. The zero-order chi connectivity index (χ0) is 18.9. The minimum Gasteiger partial charge on any atom is -0.481 e. The maximum atomic E-state index is 12.3. The van der Waals surface area contributed by atoms with Crippen LogP contribution in [0.1, 0.15) is 24.8 Å². The summed E-state index contributed by atoms with van der Waals surface area (Å²) in [5.74, 6) is -1.60. The first kappa shape index (κ1) is 18.6. The molecule has 2 fully saturated rings. The Morgan fingerprint density at radius 1 is 1.38 bits per heavy atom. The molecule has 2 heterocycles. The van der Waals surface area contributed by atoms with Gasteiger partial charge in [0.1, 0.15) is 5.75 Å². The molecule has 142 valence electrons. The fraction of sp³-hybridized carbons (Fsp3) is 0.556. The van der Waals surface area contributed by atoms with Crippen LogP contribution in [-0.2, 0) is 16.1 Å². The molecule has 1 atom stereocenters. The normalized spacial score (nSPS) is 23.0. The highest BCUT2D eigenvalue weighted by molar-refractivity contribution is 5.88. The lowest BCUT2D eigenvalue weighted by Gasteiger charge is -2.45. The van der Waals surface area contributed by atoms with Gasteiger partial charge in [-0.2, -0.15) is 8.78 Å². The third-order valence-electron chi connectivity index (χ3n) is 5.62. The van der Waals surface area contributed by atoms with Crippen molar-refractivity contribution in [1.29, 1.82) is 0 Å². The number of hydrogen-bond donors (Lipinski definition) is 1. The fourth-order valence-electron chi connectivity index (χ4n) is 4.16. The van der Waals surface area contributed by atoms with Gasteiger partial charge < -0.3 is 14.7 Å². The van der Waals surface area contributed by atoms with Crippen molar-refractivity contribution in [2.75, 3.05) is 20.1 Å². The summed E-state index contributed by atoms with van der Waals surface area (Å²) in [6.07, 6.45) is 1.22. The minimum absolute atomic E-state index is 0.0544. The number of halogens is 2. The Labute approximate surface area is 150 Å². The van der Waals surface area contributed by atoms with E-state index < -0.39 is 24.0 Å². The van der Waals surface area contributed by atoms with Gasteiger partial charge in [0.05, 0.1) is 11.5 Å². The van der Waals surface area contributed by atoms with E-state index in [9.17, 15) is 23.5 Å². The summed E-state index contributed by atoms with van der Waals surface area (Å²) in [6, 6.07) is 6.58. The molecule has 0 bridgehead atoms. The van der Waals surface area contributed by atoms with E-state index in [1.807, 2.05) is 6.07 Å². The maximum absolute atomic E-state index is 12.3. The first-order valence-corrected chi connectivity index (χ1v) is 8.57. The van der Waals surface area contributed by atoms with E-state index in [0.717, 1.165) is 5.56 Å². The van der Waals surface area contributed by atoms with Crippen LogP contribution in [0, 0.1) is 5.92 Å². The van der Waals surface area contributed by atoms with E-state index in [2.05, 4.69) is 9.64 Å². The Balaban J connectivity index is 1.65. The zero-order valence-electron chi connectivity index (χ0n) is 14.5.